The van der Waals surface area contributed by atoms with Crippen LogP contribution in [0.25, 0.3) is 0 Å². The normalized spacial score (nSPS) is 10.3. The van der Waals surface area contributed by atoms with Gasteiger partial charge in [-0.3, -0.25) is 0 Å². The summed E-state index contributed by atoms with van der Waals surface area (Å²) in [6, 6.07) is 9.52. The van der Waals surface area contributed by atoms with Gasteiger partial charge in [0.15, 0.2) is 5.82 Å². The number of hydrogen-bond acceptors (Lipinski definition) is 5. The molecule has 0 atom stereocenters. The second kappa shape index (κ2) is 5.58. The molecule has 19 heavy (non-hydrogen) atoms. The Kier molecular flexibility index (Phi) is 3.87. The Morgan fingerprint density at radius 3 is 2.74 bits per heavy atom. The van der Waals surface area contributed by atoms with E-state index < -0.39 is 0 Å². The van der Waals surface area contributed by atoms with E-state index >= 15 is 0 Å². The Bertz CT molecular complexity index is 584. The van der Waals surface area contributed by atoms with E-state index in [1.165, 1.54) is 0 Å². The molecule has 1 aromatic heterocycles. The molecular weight excluding hydrogens is 240 g/mol. The lowest BCUT2D eigenvalue weighted by Crippen LogP contribution is -2.02. The first kappa shape index (κ1) is 13.2. The first-order valence-corrected chi connectivity index (χ1v) is 6.00. The van der Waals surface area contributed by atoms with Crippen LogP contribution >= 0.6 is 0 Å². The van der Waals surface area contributed by atoms with Crippen LogP contribution in [0.15, 0.2) is 30.3 Å². The number of aryl methyl sites for hydroxylation is 1. The maximum atomic E-state index is 5.90. The van der Waals surface area contributed by atoms with E-state index in [0.29, 0.717) is 23.9 Å². The lowest BCUT2D eigenvalue weighted by Gasteiger charge is -2.11. The fourth-order valence-electron chi connectivity index (χ4n) is 1.86. The van der Waals surface area contributed by atoms with Crippen molar-refractivity contribution < 1.29 is 4.74 Å². The zero-order valence-electron chi connectivity index (χ0n) is 11.1. The van der Waals surface area contributed by atoms with E-state index in [0.717, 1.165) is 16.8 Å². The number of anilines is 3. The minimum atomic E-state index is 0.497. The van der Waals surface area contributed by atoms with Crippen LogP contribution in [0.2, 0.25) is 0 Å². The van der Waals surface area contributed by atoms with Crippen LogP contribution in [-0.4, -0.2) is 12.1 Å². The highest BCUT2D eigenvalue weighted by Crippen LogP contribution is 2.25. The molecule has 0 saturated heterocycles. The average molecular weight is 258 g/mol. The fourth-order valence-corrected chi connectivity index (χ4v) is 1.86. The molecule has 5 nitrogen and oxygen atoms in total. The number of pyridine rings is 1. The fraction of sp³-hybridized carbons (Fsp3) is 0.214. The van der Waals surface area contributed by atoms with Crippen LogP contribution in [0.1, 0.15) is 11.1 Å². The van der Waals surface area contributed by atoms with Gasteiger partial charge in [-0.25, -0.2) is 0 Å². The van der Waals surface area contributed by atoms with Crippen molar-refractivity contribution >= 4 is 17.2 Å². The Balaban J connectivity index is 2.32. The summed E-state index contributed by atoms with van der Waals surface area (Å²) in [5, 5.41) is 3.19. The number of nitrogens with two attached hydrogens (primary N) is 2. The lowest BCUT2D eigenvalue weighted by molar-refractivity contribution is 0.398. The second-order valence-electron chi connectivity index (χ2n) is 4.33. The lowest BCUT2D eigenvalue weighted by atomic mass is 10.1. The van der Waals surface area contributed by atoms with Gasteiger partial charge in [-0.1, -0.05) is 6.07 Å². The van der Waals surface area contributed by atoms with Gasteiger partial charge in [0.05, 0.1) is 12.8 Å². The number of ether oxygens (including phenoxy) is 1. The predicted octanol–water partition coefficient (Wildman–Crippen LogP) is 2.18. The number of nitrogens with zero attached hydrogens (tertiary/aromatic N) is 1. The second-order valence-corrected chi connectivity index (χ2v) is 4.33. The standard InChI is InChI=1S/C14H18N4O/c1-9-5-10(8-15)7-11(6-9)17-14-12(16)3-4-13(18-14)19-2/h3-7H,8,15-16H2,1-2H3,(H,17,18). The summed E-state index contributed by atoms with van der Waals surface area (Å²) in [4.78, 5) is 4.28. The number of benzene rings is 1. The molecule has 100 valence electrons. The Labute approximate surface area is 112 Å². The third-order valence-electron chi connectivity index (χ3n) is 2.75. The van der Waals surface area contributed by atoms with E-state index in [1.54, 1.807) is 19.2 Å². The highest BCUT2D eigenvalue weighted by molar-refractivity contribution is 5.69. The molecule has 2 aromatic rings. The molecular formula is C14H18N4O. The zero-order valence-corrected chi connectivity index (χ0v) is 11.1. The molecule has 0 aliphatic carbocycles. The van der Waals surface area contributed by atoms with Crippen molar-refractivity contribution in [1.29, 1.82) is 0 Å². The third-order valence-corrected chi connectivity index (χ3v) is 2.75. The Morgan fingerprint density at radius 1 is 1.26 bits per heavy atom. The van der Waals surface area contributed by atoms with Crippen LogP contribution < -0.4 is 21.5 Å². The molecule has 5 heteroatoms. The molecule has 0 bridgehead atoms. The summed E-state index contributed by atoms with van der Waals surface area (Å²) < 4.78 is 5.09. The molecule has 2 rings (SSSR count). The zero-order chi connectivity index (χ0) is 13.8. The first-order chi connectivity index (χ1) is 9.12. The molecule has 0 aliphatic heterocycles. The molecule has 5 N–H and O–H groups in total. The van der Waals surface area contributed by atoms with Crippen LogP contribution in [-0.2, 0) is 6.54 Å². The van der Waals surface area contributed by atoms with Crippen molar-refractivity contribution in [2.24, 2.45) is 5.73 Å². The van der Waals surface area contributed by atoms with Crippen LogP contribution in [0.3, 0.4) is 0 Å². The highest BCUT2D eigenvalue weighted by Gasteiger charge is 2.05. The number of aromatic nitrogens is 1. The highest BCUT2D eigenvalue weighted by atomic mass is 16.5. The van der Waals surface area contributed by atoms with Crippen LogP contribution in [0.4, 0.5) is 17.2 Å². The molecule has 1 heterocycles. The first-order valence-electron chi connectivity index (χ1n) is 6.00. The molecule has 0 radical (unpaired) electrons. The Morgan fingerprint density at radius 2 is 2.05 bits per heavy atom. The van der Waals surface area contributed by atoms with E-state index in [9.17, 15) is 0 Å². The van der Waals surface area contributed by atoms with Crippen molar-refractivity contribution in [1.82, 2.24) is 4.98 Å². The van der Waals surface area contributed by atoms with Crippen molar-refractivity contribution in [3.8, 4) is 5.88 Å². The monoisotopic (exact) mass is 258 g/mol. The van der Waals surface area contributed by atoms with Crippen molar-refractivity contribution in [3.05, 3.63) is 41.5 Å². The molecule has 0 unspecified atom stereocenters. The Hall–Kier alpha value is -2.27. The summed E-state index contributed by atoms with van der Waals surface area (Å²) >= 11 is 0. The summed E-state index contributed by atoms with van der Waals surface area (Å²) in [6.07, 6.45) is 0. The molecule has 0 saturated carbocycles. The summed E-state index contributed by atoms with van der Waals surface area (Å²) in [5.41, 5.74) is 15.2. The largest absolute Gasteiger partial charge is 0.481 e. The van der Waals surface area contributed by atoms with Gasteiger partial charge in [0.1, 0.15) is 0 Å². The molecule has 1 aromatic carbocycles. The van der Waals surface area contributed by atoms with Gasteiger partial charge in [-0.05, 0) is 36.2 Å². The van der Waals surface area contributed by atoms with E-state index in [-0.39, 0.29) is 0 Å². The van der Waals surface area contributed by atoms with Gasteiger partial charge in [0.25, 0.3) is 0 Å². The maximum Gasteiger partial charge on any atom is 0.215 e. The smallest absolute Gasteiger partial charge is 0.215 e. The topological polar surface area (TPSA) is 86.2 Å². The van der Waals surface area contributed by atoms with Crippen molar-refractivity contribution in [2.75, 3.05) is 18.2 Å². The van der Waals surface area contributed by atoms with Gasteiger partial charge in [0, 0.05) is 18.3 Å². The predicted molar refractivity (Wildman–Crippen MR) is 77.6 cm³/mol. The number of nitrogen functional groups attached to an aromatic ring is 1. The van der Waals surface area contributed by atoms with Gasteiger partial charge < -0.3 is 21.5 Å². The number of hydrogen-bond donors (Lipinski definition) is 3. The van der Waals surface area contributed by atoms with Gasteiger partial charge in [-0.15, -0.1) is 0 Å². The molecule has 0 aliphatic rings. The van der Waals surface area contributed by atoms with E-state index in [4.69, 9.17) is 16.2 Å². The van der Waals surface area contributed by atoms with Gasteiger partial charge >= 0.3 is 0 Å². The number of nitrogens with one attached hydrogen (secondary N) is 1. The number of rotatable bonds is 4. The minimum Gasteiger partial charge on any atom is -0.481 e. The number of methoxy groups -OCH3 is 1. The van der Waals surface area contributed by atoms with Crippen LogP contribution in [0.5, 0.6) is 5.88 Å². The third kappa shape index (κ3) is 3.14. The molecule has 0 fully saturated rings. The maximum absolute atomic E-state index is 5.90. The molecule has 0 amide bonds. The van der Waals surface area contributed by atoms with Crippen molar-refractivity contribution in [2.45, 2.75) is 13.5 Å². The van der Waals surface area contributed by atoms with Crippen LogP contribution in [0, 0.1) is 6.92 Å². The quantitative estimate of drug-likeness (QED) is 0.782. The van der Waals surface area contributed by atoms with Gasteiger partial charge in [-0.2, -0.15) is 4.98 Å². The van der Waals surface area contributed by atoms with E-state index in [2.05, 4.69) is 10.3 Å². The minimum absolute atomic E-state index is 0.497. The summed E-state index contributed by atoms with van der Waals surface area (Å²) in [6.45, 7) is 2.52. The van der Waals surface area contributed by atoms with Gasteiger partial charge in [0.2, 0.25) is 5.88 Å². The van der Waals surface area contributed by atoms with Crippen molar-refractivity contribution in [3.63, 3.8) is 0 Å². The summed E-state index contributed by atoms with van der Waals surface area (Å²) in [7, 11) is 1.57. The SMILES string of the molecule is COc1ccc(N)c(Nc2cc(C)cc(CN)c2)n1. The molecule has 0 spiro atoms. The van der Waals surface area contributed by atoms with E-state index in [1.807, 2.05) is 25.1 Å². The summed E-state index contributed by atoms with van der Waals surface area (Å²) in [5.74, 6) is 1.09. The average Bonchev–Trinajstić information content (AvgIpc) is 2.40.